The van der Waals surface area contributed by atoms with Crippen molar-refractivity contribution >= 4 is 21.1 Å². The van der Waals surface area contributed by atoms with Gasteiger partial charge in [0.15, 0.2) is 0 Å². The maximum Gasteiger partial charge on any atom is 0.242 e. The SMILES string of the molecule is CCCn1c(CN2CCCC(NC)C2)nc2cc(S(=O)(=O)N(C)C)ccc21. The van der Waals surface area contributed by atoms with E-state index < -0.39 is 10.0 Å². The Labute approximate surface area is 162 Å². The monoisotopic (exact) mass is 393 g/mol. The van der Waals surface area contributed by atoms with E-state index >= 15 is 0 Å². The van der Waals surface area contributed by atoms with Gasteiger partial charge >= 0.3 is 0 Å². The largest absolute Gasteiger partial charge is 0.327 e. The second kappa shape index (κ2) is 8.26. The summed E-state index contributed by atoms with van der Waals surface area (Å²) in [4.78, 5) is 7.56. The third kappa shape index (κ3) is 4.18. The molecule has 27 heavy (non-hydrogen) atoms. The summed E-state index contributed by atoms with van der Waals surface area (Å²) in [6.45, 7) is 5.93. The van der Waals surface area contributed by atoms with Crippen molar-refractivity contribution in [3.8, 4) is 0 Å². The van der Waals surface area contributed by atoms with Gasteiger partial charge in [0, 0.05) is 33.2 Å². The van der Waals surface area contributed by atoms with Crippen molar-refractivity contribution in [1.29, 1.82) is 0 Å². The van der Waals surface area contributed by atoms with Crippen LogP contribution in [0.3, 0.4) is 0 Å². The van der Waals surface area contributed by atoms with Crippen LogP contribution in [0.2, 0.25) is 0 Å². The molecule has 1 aromatic heterocycles. The van der Waals surface area contributed by atoms with Crippen LogP contribution in [-0.2, 0) is 23.1 Å². The van der Waals surface area contributed by atoms with Gasteiger partial charge in [-0.2, -0.15) is 0 Å². The quantitative estimate of drug-likeness (QED) is 0.778. The van der Waals surface area contributed by atoms with Crippen LogP contribution in [0, 0.1) is 0 Å². The first kappa shape index (κ1) is 20.3. The van der Waals surface area contributed by atoms with Crippen molar-refractivity contribution in [3.05, 3.63) is 24.0 Å². The summed E-state index contributed by atoms with van der Waals surface area (Å²) in [6, 6.07) is 5.81. The van der Waals surface area contributed by atoms with Crippen LogP contribution in [0.5, 0.6) is 0 Å². The number of imidazole rings is 1. The van der Waals surface area contributed by atoms with E-state index in [1.807, 2.05) is 13.1 Å². The van der Waals surface area contributed by atoms with Gasteiger partial charge in [-0.3, -0.25) is 4.90 Å². The molecule has 7 nitrogen and oxygen atoms in total. The van der Waals surface area contributed by atoms with Crippen LogP contribution in [-0.4, -0.2) is 67.4 Å². The van der Waals surface area contributed by atoms with Crippen molar-refractivity contribution in [2.45, 2.75) is 50.2 Å². The Balaban J connectivity index is 1.96. The highest BCUT2D eigenvalue weighted by Crippen LogP contribution is 2.24. The number of rotatable bonds is 7. The zero-order valence-electron chi connectivity index (χ0n) is 16.8. The van der Waals surface area contributed by atoms with E-state index in [0.29, 0.717) is 10.9 Å². The van der Waals surface area contributed by atoms with Crippen molar-refractivity contribution in [3.63, 3.8) is 0 Å². The van der Waals surface area contributed by atoms with Gasteiger partial charge in [0.25, 0.3) is 0 Å². The molecule has 0 amide bonds. The number of likely N-dealkylation sites (tertiary alicyclic amines) is 1. The summed E-state index contributed by atoms with van der Waals surface area (Å²) in [5, 5.41) is 3.38. The Morgan fingerprint density at radius 2 is 2.11 bits per heavy atom. The molecule has 8 heteroatoms. The lowest BCUT2D eigenvalue weighted by Crippen LogP contribution is -2.44. The van der Waals surface area contributed by atoms with Crippen LogP contribution in [0.1, 0.15) is 32.0 Å². The number of hydrogen-bond acceptors (Lipinski definition) is 5. The second-order valence-electron chi connectivity index (χ2n) is 7.48. The highest BCUT2D eigenvalue weighted by atomic mass is 32.2. The van der Waals surface area contributed by atoms with Crippen LogP contribution in [0.4, 0.5) is 0 Å². The summed E-state index contributed by atoms with van der Waals surface area (Å²) in [7, 11) is 1.67. The molecular weight excluding hydrogens is 362 g/mol. The van der Waals surface area contributed by atoms with Gasteiger partial charge < -0.3 is 9.88 Å². The topological polar surface area (TPSA) is 70.5 Å². The van der Waals surface area contributed by atoms with Gasteiger partial charge in [-0.05, 0) is 51.1 Å². The van der Waals surface area contributed by atoms with E-state index in [9.17, 15) is 8.42 Å². The fraction of sp³-hybridized carbons (Fsp3) is 0.632. The molecule has 1 aliphatic heterocycles. The fourth-order valence-electron chi connectivity index (χ4n) is 3.76. The standard InChI is InChI=1S/C19H31N5O2S/c1-5-10-24-18-9-8-16(27(25,26)22(3)4)12-17(18)21-19(24)14-23-11-6-7-15(13-23)20-2/h8-9,12,15,20H,5-7,10-11,13-14H2,1-4H3. The first-order chi connectivity index (χ1) is 12.9. The number of nitrogens with zero attached hydrogens (tertiary/aromatic N) is 4. The molecule has 1 fully saturated rings. The molecule has 2 aromatic rings. The summed E-state index contributed by atoms with van der Waals surface area (Å²) < 4.78 is 28.4. The predicted octanol–water partition coefficient (Wildman–Crippen LogP) is 1.88. The number of fused-ring (bicyclic) bond motifs is 1. The first-order valence-corrected chi connectivity index (χ1v) is 11.1. The Kier molecular flexibility index (Phi) is 6.20. The molecule has 1 atom stereocenters. The average Bonchev–Trinajstić information content (AvgIpc) is 2.98. The number of aryl methyl sites for hydroxylation is 1. The normalized spacial score (nSPS) is 19.2. The van der Waals surface area contributed by atoms with Gasteiger partial charge in [-0.1, -0.05) is 6.92 Å². The van der Waals surface area contributed by atoms with Crippen molar-refractivity contribution in [2.24, 2.45) is 0 Å². The van der Waals surface area contributed by atoms with Gasteiger partial charge in [-0.25, -0.2) is 17.7 Å². The lowest BCUT2D eigenvalue weighted by atomic mass is 10.1. The van der Waals surface area contributed by atoms with E-state index in [4.69, 9.17) is 4.98 Å². The van der Waals surface area contributed by atoms with Gasteiger partial charge in [0.1, 0.15) is 5.82 Å². The molecule has 0 aliphatic carbocycles. The van der Waals surface area contributed by atoms with Crippen LogP contribution in [0.25, 0.3) is 11.0 Å². The molecule has 1 saturated heterocycles. The highest BCUT2D eigenvalue weighted by molar-refractivity contribution is 7.89. The second-order valence-corrected chi connectivity index (χ2v) is 9.63. The van der Waals surface area contributed by atoms with E-state index in [-0.39, 0.29) is 0 Å². The summed E-state index contributed by atoms with van der Waals surface area (Å²) in [5.74, 6) is 1.02. The maximum absolute atomic E-state index is 12.5. The average molecular weight is 394 g/mol. The van der Waals surface area contributed by atoms with Crippen molar-refractivity contribution in [1.82, 2.24) is 24.1 Å². The third-order valence-corrected chi connectivity index (χ3v) is 7.11. The van der Waals surface area contributed by atoms with Gasteiger partial charge in [-0.15, -0.1) is 0 Å². The maximum atomic E-state index is 12.5. The fourth-order valence-corrected chi connectivity index (χ4v) is 4.68. The van der Waals surface area contributed by atoms with Crippen LogP contribution >= 0.6 is 0 Å². The van der Waals surface area contributed by atoms with E-state index in [2.05, 4.69) is 21.7 Å². The smallest absolute Gasteiger partial charge is 0.242 e. The molecule has 0 bridgehead atoms. The van der Waals surface area contributed by atoms with Crippen LogP contribution in [0.15, 0.2) is 23.1 Å². The lowest BCUT2D eigenvalue weighted by molar-refractivity contribution is 0.182. The molecule has 2 heterocycles. The minimum atomic E-state index is -3.46. The Morgan fingerprint density at radius 1 is 1.33 bits per heavy atom. The van der Waals surface area contributed by atoms with Crippen molar-refractivity contribution < 1.29 is 8.42 Å². The number of nitrogens with one attached hydrogen (secondary N) is 1. The minimum absolute atomic E-state index is 0.293. The molecule has 1 unspecified atom stereocenters. The number of piperidine rings is 1. The number of hydrogen-bond donors (Lipinski definition) is 1. The Hall–Kier alpha value is -1.48. The van der Waals surface area contributed by atoms with Crippen molar-refractivity contribution in [2.75, 3.05) is 34.2 Å². The molecule has 1 aromatic carbocycles. The molecule has 1 aliphatic rings. The van der Waals surface area contributed by atoms with E-state index in [0.717, 1.165) is 49.5 Å². The minimum Gasteiger partial charge on any atom is -0.327 e. The summed E-state index contributed by atoms with van der Waals surface area (Å²) >= 11 is 0. The molecule has 3 rings (SSSR count). The number of sulfonamides is 1. The number of benzene rings is 1. The molecule has 1 N–H and O–H groups in total. The van der Waals surface area contributed by atoms with E-state index in [1.165, 1.54) is 17.1 Å². The van der Waals surface area contributed by atoms with Crippen LogP contribution < -0.4 is 5.32 Å². The molecule has 0 saturated carbocycles. The van der Waals surface area contributed by atoms with Gasteiger partial charge in [0.2, 0.25) is 10.0 Å². The number of likely N-dealkylation sites (N-methyl/N-ethyl adjacent to an activating group) is 1. The zero-order valence-corrected chi connectivity index (χ0v) is 17.6. The number of aromatic nitrogens is 2. The predicted molar refractivity (Wildman–Crippen MR) is 108 cm³/mol. The first-order valence-electron chi connectivity index (χ1n) is 9.68. The lowest BCUT2D eigenvalue weighted by Gasteiger charge is -2.32. The van der Waals surface area contributed by atoms with E-state index in [1.54, 1.807) is 26.2 Å². The third-order valence-electron chi connectivity index (χ3n) is 5.30. The summed E-state index contributed by atoms with van der Waals surface area (Å²) in [6.07, 6.45) is 3.41. The Bertz CT molecular complexity index is 891. The molecule has 150 valence electrons. The molecular formula is C19H31N5O2S. The molecule has 0 radical (unpaired) electrons. The Morgan fingerprint density at radius 3 is 2.78 bits per heavy atom. The zero-order chi connectivity index (χ0) is 19.6. The molecule has 0 spiro atoms. The highest BCUT2D eigenvalue weighted by Gasteiger charge is 2.22. The summed E-state index contributed by atoms with van der Waals surface area (Å²) in [5.41, 5.74) is 1.76. The van der Waals surface area contributed by atoms with Gasteiger partial charge in [0.05, 0.1) is 22.5 Å².